The summed E-state index contributed by atoms with van der Waals surface area (Å²) < 4.78 is 0. The van der Waals surface area contributed by atoms with Crippen LogP contribution in [0.15, 0.2) is 35.1 Å². The Labute approximate surface area is 135 Å². The van der Waals surface area contributed by atoms with Gasteiger partial charge in [-0.2, -0.15) is 0 Å². The van der Waals surface area contributed by atoms with Gasteiger partial charge in [0, 0.05) is 11.1 Å². The van der Waals surface area contributed by atoms with Crippen molar-refractivity contribution in [3.8, 4) is 10.7 Å². The summed E-state index contributed by atoms with van der Waals surface area (Å²) in [5, 5.41) is 1.51. The predicted octanol–water partition coefficient (Wildman–Crippen LogP) is 3.40. The number of para-hydroxylation sites is 1. The first-order chi connectivity index (χ1) is 11.0. The molecule has 3 heterocycles. The van der Waals surface area contributed by atoms with Gasteiger partial charge in [-0.15, -0.1) is 11.3 Å². The number of fused-ring (bicyclic) bond motifs is 2. The number of thiophene rings is 1. The highest BCUT2D eigenvalue weighted by molar-refractivity contribution is 7.22. The van der Waals surface area contributed by atoms with Gasteiger partial charge in [0.1, 0.15) is 4.83 Å². The summed E-state index contributed by atoms with van der Waals surface area (Å²) in [7, 11) is 0. The topological polar surface area (TPSA) is 84.7 Å². The number of nitrogens with two attached hydrogens (primary N) is 1. The summed E-state index contributed by atoms with van der Waals surface area (Å²) in [6, 6.07) is 9.27. The Kier molecular flexibility index (Phi) is 2.96. The van der Waals surface area contributed by atoms with Crippen LogP contribution >= 0.6 is 11.3 Å². The smallest absolute Gasteiger partial charge is 0.259 e. The molecule has 0 unspecified atom stereocenters. The number of benzene rings is 1. The Morgan fingerprint density at radius 2 is 1.96 bits per heavy atom. The third-order valence-electron chi connectivity index (χ3n) is 3.85. The third kappa shape index (κ3) is 2.10. The number of nitrogen functional groups attached to an aromatic ring is 1. The normalized spacial score (nSPS) is 11.4. The van der Waals surface area contributed by atoms with Crippen LogP contribution in [0.2, 0.25) is 0 Å². The highest BCUT2D eigenvalue weighted by atomic mass is 32.1. The second kappa shape index (κ2) is 4.89. The molecule has 5 nitrogen and oxygen atoms in total. The van der Waals surface area contributed by atoms with Gasteiger partial charge in [0.25, 0.3) is 5.56 Å². The molecule has 1 aromatic carbocycles. The molecule has 0 aliphatic heterocycles. The first kappa shape index (κ1) is 13.9. The molecule has 6 heteroatoms. The molecule has 0 saturated heterocycles. The van der Waals surface area contributed by atoms with Gasteiger partial charge >= 0.3 is 0 Å². The maximum atomic E-state index is 12.3. The van der Waals surface area contributed by atoms with Crippen LogP contribution in [0.1, 0.15) is 11.3 Å². The minimum atomic E-state index is -0.164. The van der Waals surface area contributed by atoms with Gasteiger partial charge < -0.3 is 10.7 Å². The third-order valence-corrected chi connectivity index (χ3v) is 4.96. The standard InChI is InChI=1S/C17H14N4OS/c1-8-7-9(2)19-17-12(8)13(18)14(23-17)15-20-11-6-4-3-5-10(11)16(22)21-15/h3-7H,18H2,1-2H3,(H,20,21,22). The first-order valence-corrected chi connectivity index (χ1v) is 8.02. The van der Waals surface area contributed by atoms with E-state index in [1.165, 1.54) is 11.3 Å². The van der Waals surface area contributed by atoms with E-state index < -0.39 is 0 Å². The quantitative estimate of drug-likeness (QED) is 0.562. The largest absolute Gasteiger partial charge is 0.397 e. The number of pyridine rings is 1. The molecule has 114 valence electrons. The van der Waals surface area contributed by atoms with Crippen LogP contribution in [0, 0.1) is 13.8 Å². The van der Waals surface area contributed by atoms with Crippen molar-refractivity contribution in [1.29, 1.82) is 0 Å². The number of aromatic nitrogens is 3. The van der Waals surface area contributed by atoms with Crippen molar-refractivity contribution in [1.82, 2.24) is 15.0 Å². The second-order valence-electron chi connectivity index (χ2n) is 5.54. The first-order valence-electron chi connectivity index (χ1n) is 7.20. The zero-order valence-electron chi connectivity index (χ0n) is 12.7. The van der Waals surface area contributed by atoms with E-state index >= 15 is 0 Å². The fourth-order valence-corrected chi connectivity index (χ4v) is 4.00. The summed E-state index contributed by atoms with van der Waals surface area (Å²) in [5.41, 5.74) is 9.46. The average Bonchev–Trinajstić information content (AvgIpc) is 2.84. The number of H-pyrrole nitrogens is 1. The van der Waals surface area contributed by atoms with E-state index in [1.807, 2.05) is 38.1 Å². The van der Waals surface area contributed by atoms with Gasteiger partial charge in [-0.05, 0) is 37.6 Å². The highest BCUT2D eigenvalue weighted by Crippen LogP contribution is 2.40. The van der Waals surface area contributed by atoms with E-state index in [9.17, 15) is 4.79 Å². The molecular weight excluding hydrogens is 308 g/mol. The molecule has 3 aromatic heterocycles. The van der Waals surface area contributed by atoms with E-state index in [2.05, 4.69) is 15.0 Å². The van der Waals surface area contributed by atoms with Gasteiger partial charge in [0.2, 0.25) is 0 Å². The fraction of sp³-hybridized carbons (Fsp3) is 0.118. The number of hydrogen-bond acceptors (Lipinski definition) is 5. The molecule has 0 fully saturated rings. The number of nitrogens with one attached hydrogen (secondary N) is 1. The average molecular weight is 322 g/mol. The van der Waals surface area contributed by atoms with Crippen LogP contribution < -0.4 is 11.3 Å². The fourth-order valence-electron chi connectivity index (χ4n) is 2.84. The number of rotatable bonds is 1. The Morgan fingerprint density at radius 1 is 1.17 bits per heavy atom. The van der Waals surface area contributed by atoms with Crippen molar-refractivity contribution in [2.45, 2.75) is 13.8 Å². The van der Waals surface area contributed by atoms with Crippen LogP contribution in [0.3, 0.4) is 0 Å². The van der Waals surface area contributed by atoms with Gasteiger partial charge in [-0.3, -0.25) is 4.79 Å². The summed E-state index contributed by atoms with van der Waals surface area (Å²) >= 11 is 1.45. The Morgan fingerprint density at radius 3 is 2.78 bits per heavy atom. The number of aryl methyl sites for hydroxylation is 2. The molecule has 0 bridgehead atoms. The molecule has 4 aromatic rings. The molecule has 0 amide bonds. The number of anilines is 1. The predicted molar refractivity (Wildman–Crippen MR) is 94.9 cm³/mol. The minimum absolute atomic E-state index is 0.164. The lowest BCUT2D eigenvalue weighted by Crippen LogP contribution is -2.09. The monoisotopic (exact) mass is 322 g/mol. The van der Waals surface area contributed by atoms with Crippen molar-refractivity contribution in [3.05, 3.63) is 51.9 Å². The van der Waals surface area contributed by atoms with Crippen LogP contribution in [-0.4, -0.2) is 15.0 Å². The maximum Gasteiger partial charge on any atom is 0.259 e. The lowest BCUT2D eigenvalue weighted by Gasteiger charge is -2.02. The summed E-state index contributed by atoms with van der Waals surface area (Å²) in [6.45, 7) is 3.97. The van der Waals surface area contributed by atoms with E-state index in [-0.39, 0.29) is 5.56 Å². The Bertz CT molecular complexity index is 1130. The van der Waals surface area contributed by atoms with Gasteiger partial charge in [0.05, 0.1) is 21.5 Å². The summed E-state index contributed by atoms with van der Waals surface area (Å²) in [5.74, 6) is 0.492. The number of aromatic amines is 1. The van der Waals surface area contributed by atoms with Crippen molar-refractivity contribution in [2.24, 2.45) is 0 Å². The van der Waals surface area contributed by atoms with E-state index in [4.69, 9.17) is 5.73 Å². The Balaban J connectivity index is 2.05. The molecule has 3 N–H and O–H groups in total. The van der Waals surface area contributed by atoms with Crippen molar-refractivity contribution >= 4 is 38.1 Å². The van der Waals surface area contributed by atoms with E-state index in [1.54, 1.807) is 6.07 Å². The van der Waals surface area contributed by atoms with Crippen LogP contribution in [-0.2, 0) is 0 Å². The molecule has 0 aliphatic rings. The SMILES string of the molecule is Cc1cc(C)c2c(N)c(-c3nc4ccccc4c(=O)[nH]3)sc2n1. The molecule has 0 radical (unpaired) electrons. The molecule has 23 heavy (non-hydrogen) atoms. The molecule has 0 saturated carbocycles. The minimum Gasteiger partial charge on any atom is -0.397 e. The lowest BCUT2D eigenvalue weighted by atomic mass is 10.1. The summed E-state index contributed by atoms with van der Waals surface area (Å²) in [6.07, 6.45) is 0. The van der Waals surface area contributed by atoms with E-state index in [0.29, 0.717) is 22.4 Å². The maximum absolute atomic E-state index is 12.3. The van der Waals surface area contributed by atoms with Crippen molar-refractivity contribution in [2.75, 3.05) is 5.73 Å². The van der Waals surface area contributed by atoms with E-state index in [0.717, 1.165) is 26.4 Å². The second-order valence-corrected chi connectivity index (χ2v) is 6.54. The zero-order valence-corrected chi connectivity index (χ0v) is 13.5. The number of hydrogen-bond donors (Lipinski definition) is 2. The summed E-state index contributed by atoms with van der Waals surface area (Å²) in [4.78, 5) is 25.8. The Hall–Kier alpha value is -2.73. The van der Waals surface area contributed by atoms with Crippen LogP contribution in [0.4, 0.5) is 5.69 Å². The highest BCUT2D eigenvalue weighted by Gasteiger charge is 2.17. The van der Waals surface area contributed by atoms with Gasteiger partial charge in [0.15, 0.2) is 5.82 Å². The lowest BCUT2D eigenvalue weighted by molar-refractivity contribution is 1.19. The molecule has 0 spiro atoms. The van der Waals surface area contributed by atoms with Crippen molar-refractivity contribution in [3.63, 3.8) is 0 Å². The van der Waals surface area contributed by atoms with Gasteiger partial charge in [-0.25, -0.2) is 9.97 Å². The molecule has 0 atom stereocenters. The zero-order chi connectivity index (χ0) is 16.1. The molecule has 0 aliphatic carbocycles. The van der Waals surface area contributed by atoms with Gasteiger partial charge in [-0.1, -0.05) is 12.1 Å². The number of nitrogens with zero attached hydrogens (tertiary/aromatic N) is 2. The molecular formula is C17H14N4OS. The molecule has 4 rings (SSSR count). The van der Waals surface area contributed by atoms with Crippen LogP contribution in [0.25, 0.3) is 31.8 Å². The van der Waals surface area contributed by atoms with Crippen molar-refractivity contribution < 1.29 is 0 Å². The van der Waals surface area contributed by atoms with Crippen LogP contribution in [0.5, 0.6) is 0 Å².